The van der Waals surface area contributed by atoms with E-state index in [0.29, 0.717) is 12.1 Å². The van der Waals surface area contributed by atoms with Crippen molar-refractivity contribution in [2.75, 3.05) is 13.1 Å². The molecular formula is C23H22N4O2. The molecule has 1 aromatic heterocycles. The maximum absolute atomic E-state index is 13.0. The molecule has 2 aromatic carbocycles. The van der Waals surface area contributed by atoms with Crippen LogP contribution < -0.4 is 5.32 Å². The fourth-order valence-electron chi connectivity index (χ4n) is 4.72. The third kappa shape index (κ3) is 3.01. The molecule has 1 N–H and O–H groups in total. The molecule has 0 unspecified atom stereocenters. The number of likely N-dealkylation sites (tertiary alicyclic amines) is 1. The summed E-state index contributed by atoms with van der Waals surface area (Å²) in [6.07, 6.45) is 5.32. The third-order valence-electron chi connectivity index (χ3n) is 6.19. The second-order valence-electron chi connectivity index (χ2n) is 7.79. The summed E-state index contributed by atoms with van der Waals surface area (Å²) < 4.78 is 1.90. The molecule has 3 atom stereocenters. The van der Waals surface area contributed by atoms with Crippen molar-refractivity contribution in [1.82, 2.24) is 19.8 Å². The lowest BCUT2D eigenvalue weighted by molar-refractivity contribution is -0.128. The zero-order valence-corrected chi connectivity index (χ0v) is 16.2. The molecule has 1 aliphatic heterocycles. The van der Waals surface area contributed by atoms with Crippen LogP contribution in [0.4, 0.5) is 0 Å². The fraction of sp³-hybridized carbons (Fsp3) is 0.261. The minimum atomic E-state index is -0.0936. The zero-order chi connectivity index (χ0) is 20.0. The molecule has 2 heterocycles. The lowest BCUT2D eigenvalue weighted by atomic mass is 9.94. The molecule has 0 saturated carbocycles. The lowest BCUT2D eigenvalue weighted by Gasteiger charge is -2.22. The Morgan fingerprint density at radius 3 is 2.48 bits per heavy atom. The highest BCUT2D eigenvalue weighted by Crippen LogP contribution is 2.49. The van der Waals surface area contributed by atoms with Crippen molar-refractivity contribution in [2.45, 2.75) is 18.9 Å². The molecule has 2 amide bonds. The predicted molar refractivity (Wildman–Crippen MR) is 109 cm³/mol. The number of amides is 2. The van der Waals surface area contributed by atoms with Crippen LogP contribution in [0.2, 0.25) is 0 Å². The van der Waals surface area contributed by atoms with E-state index in [-0.39, 0.29) is 29.7 Å². The molecule has 3 aromatic rings. The minimum absolute atomic E-state index is 0.0821. The van der Waals surface area contributed by atoms with Gasteiger partial charge in [0.1, 0.15) is 0 Å². The molecule has 0 radical (unpaired) electrons. The van der Waals surface area contributed by atoms with Gasteiger partial charge in [-0.25, -0.2) is 4.98 Å². The summed E-state index contributed by atoms with van der Waals surface area (Å²) in [7, 11) is 0. The molecule has 0 bridgehead atoms. The van der Waals surface area contributed by atoms with Crippen molar-refractivity contribution in [2.24, 2.45) is 5.92 Å². The Hall–Kier alpha value is -3.41. The topological polar surface area (TPSA) is 67.2 Å². The van der Waals surface area contributed by atoms with Crippen molar-refractivity contribution in [1.29, 1.82) is 0 Å². The van der Waals surface area contributed by atoms with Crippen LogP contribution in [0.1, 0.15) is 40.4 Å². The highest BCUT2D eigenvalue weighted by Gasteiger charge is 2.47. The van der Waals surface area contributed by atoms with Gasteiger partial charge in [0.25, 0.3) is 5.91 Å². The monoisotopic (exact) mass is 386 g/mol. The maximum Gasteiger partial charge on any atom is 0.251 e. The molecule has 0 spiro atoms. The van der Waals surface area contributed by atoms with Gasteiger partial charge in [0, 0.05) is 55.5 Å². The second-order valence-corrected chi connectivity index (χ2v) is 7.79. The van der Waals surface area contributed by atoms with Crippen molar-refractivity contribution in [3.63, 3.8) is 0 Å². The molecule has 2 aliphatic rings. The number of benzene rings is 2. The van der Waals surface area contributed by atoms with Gasteiger partial charge in [-0.2, -0.15) is 0 Å². The summed E-state index contributed by atoms with van der Waals surface area (Å²) in [5, 5.41) is 3.24. The molecule has 1 fully saturated rings. The Morgan fingerprint density at radius 2 is 1.79 bits per heavy atom. The SMILES string of the molecule is CC(=O)N1C[C@H]2[C@@H](C1)c1ccccc1[C@@H]2NC(=O)c1ccc(-n2ccnc2)cc1. The van der Waals surface area contributed by atoms with Crippen molar-refractivity contribution >= 4 is 11.8 Å². The van der Waals surface area contributed by atoms with Crippen LogP contribution in [-0.4, -0.2) is 39.4 Å². The lowest BCUT2D eigenvalue weighted by Crippen LogP contribution is -2.34. The predicted octanol–water partition coefficient (Wildman–Crippen LogP) is 2.92. The average molecular weight is 386 g/mol. The van der Waals surface area contributed by atoms with E-state index in [1.807, 2.05) is 52.1 Å². The van der Waals surface area contributed by atoms with E-state index in [1.54, 1.807) is 19.4 Å². The molecule has 1 saturated heterocycles. The van der Waals surface area contributed by atoms with Gasteiger partial charge >= 0.3 is 0 Å². The number of carbonyl (C=O) groups excluding carboxylic acids is 2. The third-order valence-corrected chi connectivity index (χ3v) is 6.19. The molecule has 1 aliphatic carbocycles. The average Bonchev–Trinajstić information content (AvgIpc) is 3.46. The number of imidazole rings is 1. The summed E-state index contributed by atoms with van der Waals surface area (Å²) in [6.45, 7) is 3.02. The number of aromatic nitrogens is 2. The van der Waals surface area contributed by atoms with Crippen LogP contribution in [0.15, 0.2) is 67.3 Å². The molecule has 5 rings (SSSR count). The van der Waals surface area contributed by atoms with Crippen LogP contribution in [0.5, 0.6) is 0 Å². The summed E-state index contributed by atoms with van der Waals surface area (Å²) in [6, 6.07) is 15.7. The Bertz CT molecular complexity index is 1060. The zero-order valence-electron chi connectivity index (χ0n) is 16.2. The molecular weight excluding hydrogens is 364 g/mol. The normalized spacial score (nSPS) is 22.2. The Balaban J connectivity index is 1.39. The van der Waals surface area contributed by atoms with Gasteiger partial charge in [0.15, 0.2) is 0 Å². The summed E-state index contributed by atoms with van der Waals surface area (Å²) in [5.41, 5.74) is 4.01. The first-order valence-corrected chi connectivity index (χ1v) is 9.85. The van der Waals surface area contributed by atoms with E-state index in [9.17, 15) is 9.59 Å². The van der Waals surface area contributed by atoms with E-state index in [0.717, 1.165) is 12.2 Å². The van der Waals surface area contributed by atoms with Crippen molar-refractivity contribution in [3.05, 3.63) is 83.9 Å². The number of hydrogen-bond donors (Lipinski definition) is 1. The van der Waals surface area contributed by atoms with E-state index in [4.69, 9.17) is 0 Å². The number of carbonyl (C=O) groups is 2. The molecule has 146 valence electrons. The molecule has 29 heavy (non-hydrogen) atoms. The summed E-state index contributed by atoms with van der Waals surface area (Å²) in [4.78, 5) is 30.8. The first kappa shape index (κ1) is 17.7. The van der Waals surface area contributed by atoms with Crippen LogP contribution in [0.3, 0.4) is 0 Å². The number of rotatable bonds is 3. The van der Waals surface area contributed by atoms with Crippen LogP contribution in [0, 0.1) is 5.92 Å². The number of hydrogen-bond acceptors (Lipinski definition) is 3. The van der Waals surface area contributed by atoms with Gasteiger partial charge in [0.05, 0.1) is 12.4 Å². The van der Waals surface area contributed by atoms with Crippen LogP contribution in [0.25, 0.3) is 5.69 Å². The smallest absolute Gasteiger partial charge is 0.251 e. The van der Waals surface area contributed by atoms with Gasteiger partial charge in [0.2, 0.25) is 5.91 Å². The summed E-state index contributed by atoms with van der Waals surface area (Å²) in [5.74, 6) is 0.496. The largest absolute Gasteiger partial charge is 0.345 e. The standard InChI is InChI=1S/C23H22N4O2/c1-15(28)27-12-20-18-4-2-3-5-19(18)22(21(20)13-27)25-23(29)16-6-8-17(9-7-16)26-11-10-24-14-26/h2-11,14,20-22H,12-13H2,1H3,(H,25,29)/t20-,21-,22-/m0/s1. The van der Waals surface area contributed by atoms with Crippen molar-refractivity contribution in [3.8, 4) is 5.69 Å². The quantitative estimate of drug-likeness (QED) is 0.753. The minimum Gasteiger partial charge on any atom is -0.345 e. The molecule has 6 heteroatoms. The number of nitrogens with one attached hydrogen (secondary N) is 1. The van der Waals surface area contributed by atoms with E-state index >= 15 is 0 Å². The number of fused-ring (bicyclic) bond motifs is 3. The van der Waals surface area contributed by atoms with E-state index in [1.165, 1.54) is 11.1 Å². The summed E-state index contributed by atoms with van der Waals surface area (Å²) >= 11 is 0. The van der Waals surface area contributed by atoms with Crippen LogP contribution in [-0.2, 0) is 4.79 Å². The first-order valence-electron chi connectivity index (χ1n) is 9.85. The van der Waals surface area contributed by atoms with E-state index < -0.39 is 0 Å². The van der Waals surface area contributed by atoms with Gasteiger partial charge in [-0.05, 0) is 35.4 Å². The molecule has 6 nitrogen and oxygen atoms in total. The van der Waals surface area contributed by atoms with Gasteiger partial charge < -0.3 is 14.8 Å². The highest BCUT2D eigenvalue weighted by molar-refractivity contribution is 5.94. The Labute approximate surface area is 169 Å². The maximum atomic E-state index is 13.0. The van der Waals surface area contributed by atoms with Gasteiger partial charge in [-0.1, -0.05) is 24.3 Å². The number of nitrogens with zero attached hydrogens (tertiary/aromatic N) is 3. The van der Waals surface area contributed by atoms with Gasteiger partial charge in [-0.15, -0.1) is 0 Å². The Morgan fingerprint density at radius 1 is 1.03 bits per heavy atom. The second kappa shape index (κ2) is 6.88. The van der Waals surface area contributed by atoms with Crippen molar-refractivity contribution < 1.29 is 9.59 Å². The Kier molecular flexibility index (Phi) is 4.19. The van der Waals surface area contributed by atoms with Crippen LogP contribution >= 0.6 is 0 Å². The van der Waals surface area contributed by atoms with E-state index in [2.05, 4.69) is 22.4 Å². The first-order chi connectivity index (χ1) is 14.1. The highest BCUT2D eigenvalue weighted by atomic mass is 16.2. The van der Waals surface area contributed by atoms with Gasteiger partial charge in [-0.3, -0.25) is 9.59 Å². The fourth-order valence-corrected chi connectivity index (χ4v) is 4.72.